The first-order valence-electron chi connectivity index (χ1n) is 10.3. The quantitative estimate of drug-likeness (QED) is 0.398. The van der Waals surface area contributed by atoms with Crippen molar-refractivity contribution in [3.63, 3.8) is 0 Å². The lowest BCUT2D eigenvalue weighted by Crippen LogP contribution is -2.27. The standard InChI is InChI=1S/C24H26ClN5O2/c1-24(2,3)29-21-19-22(28-23(25)27-21)30(14-26-19)20(15-6-10-17(31-4)11-7-15)16-8-12-18(32-5)13-9-16/h6-14,20H,1-5H3,(H,27,28,29). The first kappa shape index (κ1) is 21.9. The second-order valence-corrected chi connectivity index (χ2v) is 8.83. The SMILES string of the molecule is COc1ccc(C(c2ccc(OC)cc2)n2cnc3c(NC(C)(C)C)nc(Cl)nc32)cc1. The zero-order valence-electron chi connectivity index (χ0n) is 18.8. The Morgan fingerprint density at radius 3 is 1.88 bits per heavy atom. The van der Waals surface area contributed by atoms with Crippen LogP contribution in [0.4, 0.5) is 5.82 Å². The summed E-state index contributed by atoms with van der Waals surface area (Å²) in [4.78, 5) is 13.6. The molecule has 2 aromatic heterocycles. The summed E-state index contributed by atoms with van der Waals surface area (Å²) in [5.74, 6) is 2.19. The summed E-state index contributed by atoms with van der Waals surface area (Å²) in [5.41, 5.74) is 3.20. The predicted molar refractivity (Wildman–Crippen MR) is 127 cm³/mol. The predicted octanol–water partition coefficient (Wildman–Crippen LogP) is 5.35. The Hall–Kier alpha value is -3.32. The van der Waals surface area contributed by atoms with Crippen molar-refractivity contribution in [1.29, 1.82) is 0 Å². The topological polar surface area (TPSA) is 74.1 Å². The van der Waals surface area contributed by atoms with Crippen molar-refractivity contribution in [1.82, 2.24) is 19.5 Å². The fraction of sp³-hybridized carbons (Fsp3) is 0.292. The van der Waals surface area contributed by atoms with Crippen LogP contribution < -0.4 is 14.8 Å². The summed E-state index contributed by atoms with van der Waals surface area (Å²) in [6.07, 6.45) is 1.78. The average Bonchev–Trinajstić information content (AvgIpc) is 3.17. The summed E-state index contributed by atoms with van der Waals surface area (Å²) in [5, 5.41) is 3.54. The van der Waals surface area contributed by atoms with Gasteiger partial charge >= 0.3 is 0 Å². The molecule has 1 N–H and O–H groups in total. The average molecular weight is 452 g/mol. The molecular weight excluding hydrogens is 426 g/mol. The number of halogens is 1. The first-order valence-corrected chi connectivity index (χ1v) is 10.6. The number of nitrogens with zero attached hydrogens (tertiary/aromatic N) is 4. The largest absolute Gasteiger partial charge is 0.497 e. The van der Waals surface area contributed by atoms with E-state index in [1.807, 2.05) is 53.1 Å². The van der Waals surface area contributed by atoms with Crippen molar-refractivity contribution < 1.29 is 9.47 Å². The number of fused-ring (bicyclic) bond motifs is 1. The van der Waals surface area contributed by atoms with Gasteiger partial charge in [0.2, 0.25) is 5.28 Å². The van der Waals surface area contributed by atoms with Crippen LogP contribution in [0.1, 0.15) is 37.9 Å². The van der Waals surface area contributed by atoms with Gasteiger partial charge in [0.15, 0.2) is 17.0 Å². The highest BCUT2D eigenvalue weighted by Gasteiger charge is 2.23. The molecule has 0 atom stereocenters. The fourth-order valence-corrected chi connectivity index (χ4v) is 3.77. The maximum Gasteiger partial charge on any atom is 0.226 e. The van der Waals surface area contributed by atoms with E-state index in [9.17, 15) is 0 Å². The van der Waals surface area contributed by atoms with Crippen molar-refractivity contribution in [2.75, 3.05) is 19.5 Å². The molecule has 32 heavy (non-hydrogen) atoms. The van der Waals surface area contributed by atoms with E-state index in [-0.39, 0.29) is 16.9 Å². The molecular formula is C24H26ClN5O2. The van der Waals surface area contributed by atoms with Crippen LogP contribution in [-0.2, 0) is 0 Å². The van der Waals surface area contributed by atoms with Crippen LogP contribution in [0.15, 0.2) is 54.9 Å². The van der Waals surface area contributed by atoms with Crippen LogP contribution in [0.2, 0.25) is 5.28 Å². The smallest absolute Gasteiger partial charge is 0.226 e. The van der Waals surface area contributed by atoms with Crippen molar-refractivity contribution >= 4 is 28.6 Å². The van der Waals surface area contributed by atoms with Gasteiger partial charge in [-0.05, 0) is 67.8 Å². The van der Waals surface area contributed by atoms with Gasteiger partial charge in [-0.2, -0.15) is 9.97 Å². The van der Waals surface area contributed by atoms with Crippen molar-refractivity contribution in [2.24, 2.45) is 0 Å². The summed E-state index contributed by atoms with van der Waals surface area (Å²) in [7, 11) is 3.31. The molecule has 0 aliphatic heterocycles. The van der Waals surface area contributed by atoms with Crippen molar-refractivity contribution in [3.05, 3.63) is 71.3 Å². The summed E-state index contributed by atoms with van der Waals surface area (Å²) in [6.45, 7) is 6.18. The van der Waals surface area contributed by atoms with Crippen LogP contribution in [0.5, 0.6) is 11.5 Å². The molecule has 8 heteroatoms. The van der Waals surface area contributed by atoms with Crippen LogP contribution in [0.25, 0.3) is 11.2 Å². The lowest BCUT2D eigenvalue weighted by Gasteiger charge is -2.22. The van der Waals surface area contributed by atoms with Crippen molar-refractivity contribution in [3.8, 4) is 11.5 Å². The molecule has 0 aliphatic carbocycles. The van der Waals surface area contributed by atoms with Gasteiger partial charge in [0.1, 0.15) is 11.5 Å². The number of nitrogens with one attached hydrogen (secondary N) is 1. The van der Waals surface area contributed by atoms with Gasteiger partial charge in [-0.3, -0.25) is 0 Å². The number of anilines is 1. The van der Waals surface area contributed by atoms with E-state index in [4.69, 9.17) is 21.1 Å². The minimum Gasteiger partial charge on any atom is -0.497 e. The van der Waals surface area contributed by atoms with Gasteiger partial charge in [-0.1, -0.05) is 24.3 Å². The van der Waals surface area contributed by atoms with Gasteiger partial charge in [0.25, 0.3) is 0 Å². The molecule has 0 radical (unpaired) electrons. The molecule has 0 fully saturated rings. The third-order valence-electron chi connectivity index (χ3n) is 5.03. The number of aromatic nitrogens is 4. The second kappa shape index (κ2) is 8.67. The monoisotopic (exact) mass is 451 g/mol. The number of hydrogen-bond donors (Lipinski definition) is 1. The molecule has 0 saturated carbocycles. The van der Waals surface area contributed by atoms with E-state index in [0.29, 0.717) is 17.0 Å². The molecule has 0 spiro atoms. The number of hydrogen-bond acceptors (Lipinski definition) is 6. The summed E-state index contributed by atoms with van der Waals surface area (Å²) >= 11 is 6.32. The van der Waals surface area contributed by atoms with Crippen LogP contribution in [0, 0.1) is 0 Å². The van der Waals surface area contributed by atoms with Gasteiger partial charge in [0, 0.05) is 5.54 Å². The maximum atomic E-state index is 6.32. The normalized spacial score (nSPS) is 11.7. The number of imidazole rings is 1. The highest BCUT2D eigenvalue weighted by molar-refractivity contribution is 6.28. The molecule has 0 aliphatic rings. The number of ether oxygens (including phenoxy) is 2. The Bertz CT molecular complexity index is 1170. The third-order valence-corrected chi connectivity index (χ3v) is 5.20. The molecule has 4 aromatic rings. The van der Waals surface area contributed by atoms with Crippen LogP contribution >= 0.6 is 11.6 Å². The molecule has 2 heterocycles. The molecule has 4 rings (SSSR count). The lowest BCUT2D eigenvalue weighted by atomic mass is 9.98. The zero-order chi connectivity index (χ0) is 22.9. The minimum atomic E-state index is -0.209. The van der Waals surface area contributed by atoms with E-state index < -0.39 is 0 Å². The zero-order valence-corrected chi connectivity index (χ0v) is 19.5. The van der Waals surface area contributed by atoms with E-state index in [0.717, 1.165) is 22.6 Å². The van der Waals surface area contributed by atoms with E-state index in [1.54, 1.807) is 20.5 Å². The van der Waals surface area contributed by atoms with Crippen LogP contribution in [-0.4, -0.2) is 39.3 Å². The third kappa shape index (κ3) is 4.48. The second-order valence-electron chi connectivity index (χ2n) is 8.49. The van der Waals surface area contributed by atoms with E-state index in [2.05, 4.69) is 41.0 Å². The lowest BCUT2D eigenvalue weighted by molar-refractivity contribution is 0.414. The van der Waals surface area contributed by atoms with Gasteiger partial charge in [-0.15, -0.1) is 0 Å². The van der Waals surface area contributed by atoms with Crippen molar-refractivity contribution in [2.45, 2.75) is 32.4 Å². The molecule has 2 aromatic carbocycles. The molecule has 7 nitrogen and oxygen atoms in total. The maximum absolute atomic E-state index is 6.32. The Morgan fingerprint density at radius 1 is 0.875 bits per heavy atom. The Balaban J connectivity index is 1.90. The van der Waals surface area contributed by atoms with E-state index in [1.165, 1.54) is 0 Å². The van der Waals surface area contributed by atoms with E-state index >= 15 is 0 Å². The Labute approximate surface area is 192 Å². The molecule has 0 saturated heterocycles. The fourth-order valence-electron chi connectivity index (χ4n) is 3.61. The minimum absolute atomic E-state index is 0.161. The molecule has 0 bridgehead atoms. The number of rotatable bonds is 6. The first-order chi connectivity index (χ1) is 15.3. The number of benzene rings is 2. The Kier molecular flexibility index (Phi) is 5.93. The van der Waals surface area contributed by atoms with Gasteiger partial charge < -0.3 is 19.4 Å². The van der Waals surface area contributed by atoms with Gasteiger partial charge in [0.05, 0.1) is 26.6 Å². The summed E-state index contributed by atoms with van der Waals surface area (Å²) < 4.78 is 12.7. The molecule has 0 unspecified atom stereocenters. The van der Waals surface area contributed by atoms with Gasteiger partial charge in [-0.25, -0.2) is 4.98 Å². The molecule has 0 amide bonds. The highest BCUT2D eigenvalue weighted by Crippen LogP contribution is 2.33. The Morgan fingerprint density at radius 2 is 1.41 bits per heavy atom. The highest BCUT2D eigenvalue weighted by atomic mass is 35.5. The molecule has 166 valence electrons. The summed E-state index contributed by atoms with van der Waals surface area (Å²) in [6, 6.07) is 15.7. The van der Waals surface area contributed by atoms with Crippen LogP contribution in [0.3, 0.4) is 0 Å². The number of methoxy groups -OCH3 is 2.